The normalized spacial score (nSPS) is 18.5. The minimum atomic E-state index is -4.16. The Kier molecular flexibility index (Phi) is 4.23. The molecule has 1 aliphatic rings. The van der Waals surface area contributed by atoms with Crippen LogP contribution in [0.1, 0.15) is 0 Å². The molecule has 0 radical (unpaired) electrons. The van der Waals surface area contributed by atoms with Crippen molar-refractivity contribution < 1.29 is 17.5 Å². The molecule has 0 saturated carbocycles. The molecule has 1 saturated heterocycles. The molecule has 1 rings (SSSR count). The Morgan fingerprint density at radius 2 is 2.00 bits per heavy atom. The predicted octanol–water partition coefficient (Wildman–Crippen LogP) is -2.76. The number of nitrogens with one attached hydrogen (secondary N) is 3. The first-order valence-corrected chi connectivity index (χ1v) is 5.68. The van der Waals surface area contributed by atoms with Crippen molar-refractivity contribution in [2.45, 2.75) is 0 Å². The minimum absolute atomic E-state index is 0.628. The number of nitrogens with zero attached hydrogens (tertiary/aromatic N) is 1. The Balaban J connectivity index is 2.23. The maximum absolute atomic E-state index is 11.0. The highest BCUT2D eigenvalue weighted by molar-refractivity contribution is 7.84. The van der Waals surface area contributed by atoms with E-state index >= 15 is 0 Å². The van der Waals surface area contributed by atoms with E-state index in [1.807, 2.05) is 0 Å². The van der Waals surface area contributed by atoms with Crippen LogP contribution in [-0.4, -0.2) is 45.6 Å². The zero-order chi connectivity index (χ0) is 11.3. The van der Waals surface area contributed by atoms with Gasteiger partial charge in [-0.25, -0.2) is 14.9 Å². The molecule has 0 aliphatic carbocycles. The molecule has 0 bridgehead atoms. The highest BCUT2D eigenvalue weighted by Crippen LogP contribution is 1.86. The lowest BCUT2D eigenvalue weighted by molar-refractivity contribution is 0.132. The molecule has 0 spiro atoms. The Morgan fingerprint density at radius 3 is 2.53 bits per heavy atom. The predicted molar refractivity (Wildman–Crippen MR) is 50.3 cm³/mol. The second kappa shape index (κ2) is 5.23. The van der Waals surface area contributed by atoms with Gasteiger partial charge in [-0.2, -0.15) is 13.9 Å². The van der Waals surface area contributed by atoms with Gasteiger partial charge in [0.25, 0.3) is 0 Å². The zero-order valence-electron chi connectivity index (χ0n) is 7.89. The molecule has 1 fully saturated rings. The third-order valence-electron chi connectivity index (χ3n) is 1.63. The molecule has 0 aromatic carbocycles. The van der Waals surface area contributed by atoms with Gasteiger partial charge in [-0.3, -0.25) is 5.43 Å². The van der Waals surface area contributed by atoms with Crippen LogP contribution >= 0.6 is 0 Å². The maximum Gasteiger partial charge on any atom is 0.354 e. The number of nitrogens with two attached hydrogens (primary N) is 1. The van der Waals surface area contributed by atoms with E-state index in [1.54, 1.807) is 10.5 Å². The summed E-state index contributed by atoms with van der Waals surface area (Å²) in [4.78, 5) is 11.0. The number of carbonyl (C=O) groups excluding carboxylic acids is 1. The van der Waals surface area contributed by atoms with E-state index in [0.717, 1.165) is 13.1 Å². The molecule has 10 heteroatoms. The van der Waals surface area contributed by atoms with Gasteiger partial charge in [0, 0.05) is 26.2 Å². The number of hydroxylamine groups is 1. The smallest absolute Gasteiger partial charge is 0.314 e. The molecular weight excluding hydrogens is 226 g/mol. The van der Waals surface area contributed by atoms with E-state index in [9.17, 15) is 13.2 Å². The van der Waals surface area contributed by atoms with Crippen molar-refractivity contribution in [2.75, 3.05) is 26.2 Å². The van der Waals surface area contributed by atoms with E-state index in [4.69, 9.17) is 0 Å². The van der Waals surface area contributed by atoms with Crippen molar-refractivity contribution in [3.8, 4) is 0 Å². The fourth-order valence-corrected chi connectivity index (χ4v) is 1.23. The average Bonchev–Trinajstić information content (AvgIpc) is 2.15. The van der Waals surface area contributed by atoms with Gasteiger partial charge < -0.3 is 5.32 Å². The Morgan fingerprint density at radius 1 is 1.40 bits per heavy atom. The molecule has 0 aromatic heterocycles. The molecule has 9 nitrogen and oxygen atoms in total. The van der Waals surface area contributed by atoms with Crippen molar-refractivity contribution in [3.63, 3.8) is 0 Å². The summed E-state index contributed by atoms with van der Waals surface area (Å²) < 4.78 is 24.5. The third kappa shape index (κ3) is 5.49. The topological polar surface area (TPSA) is 126 Å². The number of piperazine rings is 1. The van der Waals surface area contributed by atoms with E-state index in [0.29, 0.717) is 13.1 Å². The lowest BCUT2D eigenvalue weighted by atomic mass is 10.4. The SMILES string of the molecule is NS(=O)(=O)ONC(=O)NN1CCNCC1. The summed E-state index contributed by atoms with van der Waals surface area (Å²) >= 11 is 0. The third-order valence-corrected chi connectivity index (χ3v) is 1.94. The van der Waals surface area contributed by atoms with Gasteiger partial charge >= 0.3 is 16.3 Å². The number of hydrogen-bond donors (Lipinski definition) is 4. The molecule has 2 amide bonds. The standard InChI is InChI=1S/C5H13N5O4S/c6-15(12,13)14-9-5(11)8-10-3-1-7-2-4-10/h7H,1-4H2,(H2,6,12,13)(H2,8,9,11). The Labute approximate surface area is 87.1 Å². The van der Waals surface area contributed by atoms with E-state index in [2.05, 4.69) is 20.2 Å². The summed E-state index contributed by atoms with van der Waals surface area (Å²) in [5, 5.41) is 9.21. The lowest BCUT2D eigenvalue weighted by Gasteiger charge is -2.27. The number of hydrazine groups is 1. The first-order valence-electron chi connectivity index (χ1n) is 4.21. The summed E-state index contributed by atoms with van der Waals surface area (Å²) in [7, 11) is -4.16. The van der Waals surface area contributed by atoms with Crippen LogP contribution in [0.15, 0.2) is 0 Å². The quantitative estimate of drug-likeness (QED) is 0.395. The fraction of sp³-hybridized carbons (Fsp3) is 0.800. The first-order chi connectivity index (χ1) is 6.97. The second-order valence-corrected chi connectivity index (χ2v) is 4.01. The number of hydrogen-bond acceptors (Lipinski definition) is 6. The van der Waals surface area contributed by atoms with Gasteiger partial charge in [-0.15, -0.1) is 4.28 Å². The molecular formula is C5H13N5O4S. The van der Waals surface area contributed by atoms with Crippen molar-refractivity contribution in [3.05, 3.63) is 0 Å². The number of rotatable bonds is 3. The first kappa shape index (κ1) is 12.1. The minimum Gasteiger partial charge on any atom is -0.314 e. The lowest BCUT2D eigenvalue weighted by Crippen LogP contribution is -2.54. The fourth-order valence-electron chi connectivity index (χ4n) is 1.04. The van der Waals surface area contributed by atoms with Crippen molar-refractivity contribution >= 4 is 16.3 Å². The van der Waals surface area contributed by atoms with Crippen LogP contribution in [0.2, 0.25) is 0 Å². The van der Waals surface area contributed by atoms with Crippen LogP contribution in [-0.2, 0) is 14.6 Å². The number of urea groups is 1. The number of carbonyl (C=O) groups is 1. The van der Waals surface area contributed by atoms with E-state index < -0.39 is 16.3 Å². The van der Waals surface area contributed by atoms with Gasteiger partial charge in [-0.1, -0.05) is 0 Å². The molecule has 1 aliphatic heterocycles. The number of amides is 2. The van der Waals surface area contributed by atoms with Gasteiger partial charge in [0.05, 0.1) is 0 Å². The van der Waals surface area contributed by atoms with E-state index in [-0.39, 0.29) is 0 Å². The summed E-state index contributed by atoms with van der Waals surface area (Å²) in [6, 6.07) is -0.786. The van der Waals surface area contributed by atoms with Gasteiger partial charge in [0.2, 0.25) is 0 Å². The van der Waals surface area contributed by atoms with Crippen LogP contribution in [0.25, 0.3) is 0 Å². The Bertz CT molecular complexity index is 311. The Hall–Kier alpha value is -0.940. The van der Waals surface area contributed by atoms with Crippen molar-refractivity contribution in [1.82, 2.24) is 21.2 Å². The zero-order valence-corrected chi connectivity index (χ0v) is 8.71. The van der Waals surface area contributed by atoms with Crippen LogP contribution in [0.5, 0.6) is 0 Å². The highest BCUT2D eigenvalue weighted by atomic mass is 32.2. The summed E-state index contributed by atoms with van der Waals surface area (Å²) in [6.45, 7) is 2.75. The van der Waals surface area contributed by atoms with Crippen molar-refractivity contribution in [2.24, 2.45) is 5.14 Å². The molecule has 5 N–H and O–H groups in total. The second-order valence-electron chi connectivity index (χ2n) is 2.86. The molecule has 88 valence electrons. The highest BCUT2D eigenvalue weighted by Gasteiger charge is 2.13. The summed E-state index contributed by atoms with van der Waals surface area (Å²) in [5.41, 5.74) is 4.03. The van der Waals surface area contributed by atoms with E-state index in [1.165, 1.54) is 0 Å². The van der Waals surface area contributed by atoms with Gasteiger partial charge in [0.15, 0.2) is 0 Å². The van der Waals surface area contributed by atoms with Gasteiger partial charge in [-0.05, 0) is 0 Å². The molecule has 0 aromatic rings. The molecule has 1 heterocycles. The largest absolute Gasteiger partial charge is 0.354 e. The van der Waals surface area contributed by atoms with Crippen LogP contribution in [0, 0.1) is 0 Å². The van der Waals surface area contributed by atoms with Crippen LogP contribution in [0.3, 0.4) is 0 Å². The molecule has 0 atom stereocenters. The average molecular weight is 239 g/mol. The van der Waals surface area contributed by atoms with Crippen LogP contribution in [0.4, 0.5) is 4.79 Å². The summed E-state index contributed by atoms with van der Waals surface area (Å²) in [6.07, 6.45) is 0. The monoisotopic (exact) mass is 239 g/mol. The van der Waals surface area contributed by atoms with Crippen LogP contribution < -0.4 is 21.4 Å². The van der Waals surface area contributed by atoms with Gasteiger partial charge in [0.1, 0.15) is 0 Å². The van der Waals surface area contributed by atoms with Crippen molar-refractivity contribution in [1.29, 1.82) is 0 Å². The molecule has 15 heavy (non-hydrogen) atoms. The maximum atomic E-state index is 11.0. The molecule has 0 unspecified atom stereocenters. The summed E-state index contributed by atoms with van der Waals surface area (Å²) in [5.74, 6) is 0.